The van der Waals surface area contributed by atoms with Gasteiger partial charge in [-0.3, -0.25) is 4.79 Å². The molecule has 0 aliphatic rings. The second-order valence-electron chi connectivity index (χ2n) is 6.71. The minimum atomic E-state index is -0.559. The summed E-state index contributed by atoms with van der Waals surface area (Å²) in [6.07, 6.45) is 1.48. The zero-order chi connectivity index (χ0) is 22.9. The lowest BCUT2D eigenvalue weighted by molar-refractivity contribution is -0.112. The van der Waals surface area contributed by atoms with Crippen LogP contribution in [-0.2, 0) is 11.4 Å². The third-order valence-corrected chi connectivity index (χ3v) is 4.95. The number of nitriles is 1. The van der Waals surface area contributed by atoms with E-state index in [-0.39, 0.29) is 11.3 Å². The van der Waals surface area contributed by atoms with E-state index < -0.39 is 5.91 Å². The molecule has 2 N–H and O–H groups in total. The molecule has 0 radical (unpaired) electrons. The molecule has 0 saturated heterocycles. The van der Waals surface area contributed by atoms with Crippen molar-refractivity contribution in [2.45, 2.75) is 13.5 Å². The van der Waals surface area contributed by atoms with Crippen LogP contribution < -0.4 is 14.8 Å². The highest BCUT2D eigenvalue weighted by Crippen LogP contribution is 2.38. The molecule has 0 aromatic heterocycles. The number of hydrogen-bond donors (Lipinski definition) is 2. The lowest BCUT2D eigenvalue weighted by Gasteiger charge is -2.15. The zero-order valence-corrected chi connectivity index (χ0v) is 18.9. The van der Waals surface area contributed by atoms with Crippen LogP contribution in [0.4, 0.5) is 5.69 Å². The van der Waals surface area contributed by atoms with Gasteiger partial charge in [-0.05, 0) is 76.5 Å². The average Bonchev–Trinajstić information content (AvgIpc) is 2.79. The van der Waals surface area contributed by atoms with Gasteiger partial charge in [-0.25, -0.2) is 0 Å². The van der Waals surface area contributed by atoms with E-state index in [4.69, 9.17) is 9.47 Å². The monoisotopic (exact) mass is 492 g/mol. The Kier molecular flexibility index (Phi) is 7.90. The molecule has 0 heterocycles. The van der Waals surface area contributed by atoms with Gasteiger partial charge < -0.3 is 19.9 Å². The standard InChI is InChI=1S/C25H21BrN2O4/c1-2-31-23-14-18(13-22(26)24(23)32-16-17-6-4-3-5-7-17)12-19(15-27)25(30)28-20-8-10-21(29)11-9-20/h3-14,29H,2,16H2,1H3,(H,28,30)/b19-12-. The number of amides is 1. The van der Waals surface area contributed by atoms with Gasteiger partial charge in [0.05, 0.1) is 11.1 Å². The minimum absolute atomic E-state index is 0.0784. The number of nitrogens with zero attached hydrogens (tertiary/aromatic N) is 1. The highest BCUT2D eigenvalue weighted by molar-refractivity contribution is 9.10. The van der Waals surface area contributed by atoms with E-state index in [1.807, 2.05) is 43.3 Å². The number of benzene rings is 3. The quantitative estimate of drug-likeness (QED) is 0.240. The molecular weight excluding hydrogens is 472 g/mol. The van der Waals surface area contributed by atoms with Crippen molar-refractivity contribution in [3.05, 3.63) is 87.9 Å². The van der Waals surface area contributed by atoms with Gasteiger partial charge in [0, 0.05) is 5.69 Å². The summed E-state index contributed by atoms with van der Waals surface area (Å²) in [5.74, 6) is 0.568. The second kappa shape index (κ2) is 11.0. The summed E-state index contributed by atoms with van der Waals surface area (Å²) in [6, 6.07) is 21.2. The molecule has 0 saturated carbocycles. The predicted molar refractivity (Wildman–Crippen MR) is 126 cm³/mol. The summed E-state index contributed by atoms with van der Waals surface area (Å²) < 4.78 is 12.4. The molecule has 0 bridgehead atoms. The van der Waals surface area contributed by atoms with Crippen LogP contribution in [0.25, 0.3) is 6.08 Å². The molecule has 3 rings (SSSR count). The Morgan fingerprint density at radius 1 is 1.12 bits per heavy atom. The summed E-state index contributed by atoms with van der Waals surface area (Å²) >= 11 is 3.51. The summed E-state index contributed by atoms with van der Waals surface area (Å²) in [6.45, 7) is 2.66. The fourth-order valence-corrected chi connectivity index (χ4v) is 3.44. The van der Waals surface area contributed by atoms with Crippen LogP contribution in [0.1, 0.15) is 18.1 Å². The van der Waals surface area contributed by atoms with Gasteiger partial charge >= 0.3 is 0 Å². The van der Waals surface area contributed by atoms with E-state index >= 15 is 0 Å². The van der Waals surface area contributed by atoms with Crippen LogP contribution in [0.2, 0.25) is 0 Å². The van der Waals surface area contributed by atoms with Gasteiger partial charge in [-0.2, -0.15) is 5.26 Å². The first kappa shape index (κ1) is 22.9. The summed E-state index contributed by atoms with van der Waals surface area (Å²) in [7, 11) is 0. The summed E-state index contributed by atoms with van der Waals surface area (Å²) in [5.41, 5.74) is 2.01. The first-order valence-corrected chi connectivity index (χ1v) is 10.6. The Morgan fingerprint density at radius 3 is 2.50 bits per heavy atom. The third kappa shape index (κ3) is 6.13. The molecule has 32 heavy (non-hydrogen) atoms. The normalized spacial score (nSPS) is 10.8. The molecule has 3 aromatic carbocycles. The first-order chi connectivity index (χ1) is 15.5. The van der Waals surface area contributed by atoms with Crippen LogP contribution in [0.3, 0.4) is 0 Å². The van der Waals surface area contributed by atoms with Crippen LogP contribution in [0, 0.1) is 11.3 Å². The van der Waals surface area contributed by atoms with E-state index in [1.165, 1.54) is 18.2 Å². The first-order valence-electron chi connectivity index (χ1n) is 9.85. The highest BCUT2D eigenvalue weighted by Gasteiger charge is 2.15. The Bertz CT molecular complexity index is 1150. The Balaban J connectivity index is 1.83. The van der Waals surface area contributed by atoms with E-state index in [0.29, 0.717) is 40.4 Å². The Hall–Kier alpha value is -3.76. The number of carbonyl (C=O) groups is 1. The van der Waals surface area contributed by atoms with Crippen LogP contribution >= 0.6 is 15.9 Å². The predicted octanol–water partition coefficient (Wildman–Crippen LogP) is 5.68. The van der Waals surface area contributed by atoms with Gasteiger partial charge in [0.15, 0.2) is 11.5 Å². The summed E-state index contributed by atoms with van der Waals surface area (Å²) in [5, 5.41) is 21.5. The maximum absolute atomic E-state index is 12.5. The molecule has 0 unspecified atom stereocenters. The topological polar surface area (TPSA) is 91.6 Å². The number of aromatic hydroxyl groups is 1. The van der Waals surface area contributed by atoms with Crippen LogP contribution in [0.5, 0.6) is 17.2 Å². The number of halogens is 1. The maximum Gasteiger partial charge on any atom is 0.266 e. The Morgan fingerprint density at radius 2 is 1.84 bits per heavy atom. The van der Waals surface area contributed by atoms with Crippen LogP contribution in [-0.4, -0.2) is 17.6 Å². The number of phenols is 1. The average molecular weight is 493 g/mol. The molecule has 0 atom stereocenters. The zero-order valence-electron chi connectivity index (χ0n) is 17.3. The van der Waals surface area contributed by atoms with Crippen molar-refractivity contribution >= 4 is 33.6 Å². The fourth-order valence-electron chi connectivity index (χ4n) is 2.86. The van der Waals surface area contributed by atoms with Gasteiger partial charge in [0.25, 0.3) is 5.91 Å². The molecule has 0 fully saturated rings. The van der Waals surface area contributed by atoms with E-state index in [0.717, 1.165) is 5.56 Å². The van der Waals surface area contributed by atoms with E-state index in [9.17, 15) is 15.2 Å². The van der Waals surface area contributed by atoms with E-state index in [1.54, 1.807) is 24.3 Å². The number of ether oxygens (including phenoxy) is 2. The van der Waals surface area contributed by atoms with Gasteiger partial charge in [0.1, 0.15) is 24.0 Å². The molecule has 1 amide bonds. The molecule has 3 aromatic rings. The summed E-state index contributed by atoms with van der Waals surface area (Å²) in [4.78, 5) is 12.5. The molecular formula is C25H21BrN2O4. The van der Waals surface area contributed by atoms with Crippen molar-refractivity contribution in [3.8, 4) is 23.3 Å². The van der Waals surface area contributed by atoms with Gasteiger partial charge in [0.2, 0.25) is 0 Å². The Labute approximate surface area is 194 Å². The number of rotatable bonds is 8. The molecule has 0 aliphatic heterocycles. The smallest absolute Gasteiger partial charge is 0.266 e. The van der Waals surface area contributed by atoms with Gasteiger partial charge in [-0.15, -0.1) is 0 Å². The van der Waals surface area contributed by atoms with Gasteiger partial charge in [-0.1, -0.05) is 30.3 Å². The second-order valence-corrected chi connectivity index (χ2v) is 7.56. The van der Waals surface area contributed by atoms with Crippen molar-refractivity contribution in [2.75, 3.05) is 11.9 Å². The largest absolute Gasteiger partial charge is 0.508 e. The molecule has 0 aliphatic carbocycles. The molecule has 7 heteroatoms. The highest BCUT2D eigenvalue weighted by atomic mass is 79.9. The lowest BCUT2D eigenvalue weighted by Crippen LogP contribution is -2.13. The number of anilines is 1. The van der Waals surface area contributed by atoms with Crippen molar-refractivity contribution in [2.24, 2.45) is 0 Å². The minimum Gasteiger partial charge on any atom is -0.508 e. The van der Waals surface area contributed by atoms with Crippen molar-refractivity contribution < 1.29 is 19.4 Å². The SMILES string of the molecule is CCOc1cc(/C=C(/C#N)C(=O)Nc2ccc(O)cc2)cc(Br)c1OCc1ccccc1. The molecule has 6 nitrogen and oxygen atoms in total. The molecule has 162 valence electrons. The van der Waals surface area contributed by atoms with Crippen LogP contribution in [0.15, 0.2) is 76.8 Å². The fraction of sp³-hybridized carbons (Fsp3) is 0.120. The number of hydrogen-bond acceptors (Lipinski definition) is 5. The number of phenolic OH excluding ortho intramolecular Hbond substituents is 1. The molecule has 0 spiro atoms. The van der Waals surface area contributed by atoms with Crippen molar-refractivity contribution in [3.63, 3.8) is 0 Å². The maximum atomic E-state index is 12.5. The van der Waals surface area contributed by atoms with Crippen molar-refractivity contribution in [1.29, 1.82) is 5.26 Å². The van der Waals surface area contributed by atoms with E-state index in [2.05, 4.69) is 21.2 Å². The third-order valence-electron chi connectivity index (χ3n) is 4.36. The van der Waals surface area contributed by atoms with Crippen molar-refractivity contribution in [1.82, 2.24) is 0 Å². The number of carbonyl (C=O) groups excluding carboxylic acids is 1. The lowest BCUT2D eigenvalue weighted by atomic mass is 10.1. The number of nitrogens with one attached hydrogen (secondary N) is 1.